The summed E-state index contributed by atoms with van der Waals surface area (Å²) in [4.78, 5) is 11.5. The molecule has 12 heteroatoms. The molecule has 0 aliphatic carbocycles. The van der Waals surface area contributed by atoms with Crippen molar-refractivity contribution in [3.8, 4) is 0 Å². The van der Waals surface area contributed by atoms with Gasteiger partial charge in [0.1, 0.15) is 0 Å². The van der Waals surface area contributed by atoms with Gasteiger partial charge in [-0.05, 0) is 5.56 Å². The van der Waals surface area contributed by atoms with E-state index >= 15 is 0 Å². The van der Waals surface area contributed by atoms with Crippen LogP contribution in [0.2, 0.25) is 0 Å². The molecule has 0 aromatic heterocycles. The van der Waals surface area contributed by atoms with Gasteiger partial charge >= 0.3 is 30.1 Å². The molecule has 0 spiro atoms. The van der Waals surface area contributed by atoms with Gasteiger partial charge in [0, 0.05) is 0 Å². The van der Waals surface area contributed by atoms with Crippen molar-refractivity contribution in [3.05, 3.63) is 35.9 Å². The molecule has 1 aromatic rings. The van der Waals surface area contributed by atoms with Crippen molar-refractivity contribution in [1.29, 1.82) is 0 Å². The summed E-state index contributed by atoms with van der Waals surface area (Å²) in [6.45, 7) is 0. The van der Waals surface area contributed by atoms with Crippen molar-refractivity contribution in [2.75, 3.05) is 7.11 Å². The Hall–Kier alpha value is -1.98. The van der Waals surface area contributed by atoms with Crippen LogP contribution in [0.15, 0.2) is 30.3 Å². The fourth-order valence-corrected chi connectivity index (χ4v) is 1.85. The number of carbonyl (C=O) groups is 1. The maximum Gasteiger partial charge on any atom is 0.435 e. The monoisotopic (exact) mass is 384 g/mol. The van der Waals surface area contributed by atoms with Gasteiger partial charge in [0.25, 0.3) is 0 Å². The van der Waals surface area contributed by atoms with Crippen molar-refractivity contribution in [1.82, 2.24) is 0 Å². The first-order valence-corrected chi connectivity index (χ1v) is 6.20. The lowest BCUT2D eigenvalue weighted by Crippen LogP contribution is -2.68. The quantitative estimate of drug-likeness (QED) is 0.572. The summed E-state index contributed by atoms with van der Waals surface area (Å²) in [5.74, 6) is -1.87. The average Bonchev–Trinajstić information content (AvgIpc) is 2.44. The minimum Gasteiger partial charge on any atom is -0.467 e. The molecule has 0 saturated carbocycles. The van der Waals surface area contributed by atoms with Crippen LogP contribution in [-0.4, -0.2) is 37.2 Å². The molecule has 3 nitrogen and oxygen atoms in total. The van der Waals surface area contributed by atoms with Crippen molar-refractivity contribution in [2.24, 2.45) is 0 Å². The normalized spacial score (nSPS) is 15.0. The molecule has 0 N–H and O–H groups in total. The van der Waals surface area contributed by atoms with E-state index in [1.165, 1.54) is 6.07 Å². The van der Waals surface area contributed by atoms with Gasteiger partial charge in [-0.2, -0.15) is 39.5 Å². The van der Waals surface area contributed by atoms with Crippen molar-refractivity contribution < 1.29 is 53.8 Å². The van der Waals surface area contributed by atoms with Crippen LogP contribution in [0.4, 0.5) is 39.5 Å². The van der Waals surface area contributed by atoms with Crippen LogP contribution in [0, 0.1) is 0 Å². The highest BCUT2D eigenvalue weighted by Gasteiger charge is 2.86. The van der Waals surface area contributed by atoms with Gasteiger partial charge in [0.15, 0.2) is 6.10 Å². The number of rotatable bonds is 4. The maximum absolute atomic E-state index is 12.9. The van der Waals surface area contributed by atoms with Crippen LogP contribution in [0.3, 0.4) is 0 Å². The lowest BCUT2D eigenvalue weighted by Gasteiger charge is -2.39. The fourth-order valence-electron chi connectivity index (χ4n) is 1.85. The Balaban J connectivity index is 3.62. The minimum atomic E-state index is -6.95. The standard InChI is InChI=1S/C13H9F9O3/c1-24-9(23)8(7-5-3-2-4-6-7)25-10(11(14,15)16,12(17,18)19)13(20,21)22/h2-6,8H,1H3/t8-/m1/s1. The summed E-state index contributed by atoms with van der Waals surface area (Å²) in [5.41, 5.74) is -7.27. The first-order chi connectivity index (χ1) is 11.2. The highest BCUT2D eigenvalue weighted by molar-refractivity contribution is 5.76. The molecule has 1 atom stereocenters. The van der Waals surface area contributed by atoms with Gasteiger partial charge in [-0.1, -0.05) is 30.3 Å². The molecular weight excluding hydrogens is 375 g/mol. The Morgan fingerprint density at radius 2 is 1.24 bits per heavy atom. The van der Waals surface area contributed by atoms with Crippen molar-refractivity contribution in [2.45, 2.75) is 30.2 Å². The van der Waals surface area contributed by atoms with E-state index in [-0.39, 0.29) is 0 Å². The van der Waals surface area contributed by atoms with Gasteiger partial charge in [-0.3, -0.25) is 0 Å². The number of alkyl halides is 9. The first kappa shape index (κ1) is 21.1. The predicted octanol–water partition coefficient (Wildman–Crippen LogP) is 4.34. The largest absolute Gasteiger partial charge is 0.467 e. The smallest absolute Gasteiger partial charge is 0.435 e. The van der Waals surface area contributed by atoms with E-state index in [0.717, 1.165) is 24.3 Å². The zero-order valence-electron chi connectivity index (χ0n) is 12.1. The third-order valence-corrected chi connectivity index (χ3v) is 3.01. The first-order valence-electron chi connectivity index (χ1n) is 6.20. The Labute approximate surface area is 134 Å². The van der Waals surface area contributed by atoms with E-state index in [2.05, 4.69) is 9.47 Å². The van der Waals surface area contributed by atoms with Gasteiger partial charge in [0.05, 0.1) is 7.11 Å². The summed E-state index contributed by atoms with van der Waals surface area (Å²) in [5, 5.41) is 0. The molecule has 0 amide bonds. The van der Waals surface area contributed by atoms with Crippen LogP contribution >= 0.6 is 0 Å². The van der Waals surface area contributed by atoms with E-state index in [0.29, 0.717) is 7.11 Å². The SMILES string of the molecule is COC(=O)[C@H](OC(C(F)(F)F)(C(F)(F)F)C(F)(F)F)c1ccccc1. The van der Waals surface area contributed by atoms with Gasteiger partial charge in [-0.15, -0.1) is 0 Å². The van der Waals surface area contributed by atoms with Gasteiger partial charge in [-0.25, -0.2) is 4.79 Å². The number of hydrogen-bond acceptors (Lipinski definition) is 3. The lowest BCUT2D eigenvalue weighted by atomic mass is 10.00. The number of esters is 1. The summed E-state index contributed by atoms with van der Waals surface area (Å²) >= 11 is 0. The van der Waals surface area contributed by atoms with Crippen LogP contribution in [0.1, 0.15) is 11.7 Å². The molecule has 142 valence electrons. The number of methoxy groups -OCH3 is 1. The minimum absolute atomic E-state index is 0.568. The van der Waals surface area contributed by atoms with Crippen LogP contribution < -0.4 is 0 Å². The second kappa shape index (κ2) is 6.73. The second-order valence-electron chi connectivity index (χ2n) is 4.61. The number of hydrogen-bond donors (Lipinski definition) is 0. The Morgan fingerprint density at radius 1 is 0.840 bits per heavy atom. The molecule has 0 radical (unpaired) electrons. The topological polar surface area (TPSA) is 35.5 Å². The average molecular weight is 384 g/mol. The van der Waals surface area contributed by atoms with Crippen molar-refractivity contribution in [3.63, 3.8) is 0 Å². The lowest BCUT2D eigenvalue weighted by molar-refractivity contribution is -0.463. The number of carbonyl (C=O) groups excluding carboxylic acids is 1. The number of halogens is 9. The Bertz CT molecular complexity index is 553. The molecule has 1 rings (SSSR count). The molecule has 0 fully saturated rings. The molecule has 0 saturated heterocycles. The maximum atomic E-state index is 12.9. The Kier molecular flexibility index (Phi) is 5.67. The van der Waals surface area contributed by atoms with E-state index < -0.39 is 41.8 Å². The van der Waals surface area contributed by atoms with Crippen LogP contribution in [0.5, 0.6) is 0 Å². The van der Waals surface area contributed by atoms with Crippen LogP contribution in [0.25, 0.3) is 0 Å². The van der Waals surface area contributed by atoms with Crippen LogP contribution in [-0.2, 0) is 14.3 Å². The molecular formula is C13H9F9O3. The van der Waals surface area contributed by atoms with E-state index in [4.69, 9.17) is 0 Å². The third kappa shape index (κ3) is 3.83. The molecule has 0 aliphatic rings. The molecule has 0 aliphatic heterocycles. The highest BCUT2D eigenvalue weighted by atomic mass is 19.4. The molecule has 0 unspecified atom stereocenters. The molecule has 25 heavy (non-hydrogen) atoms. The molecule has 1 aromatic carbocycles. The summed E-state index contributed by atoms with van der Waals surface area (Å²) in [6, 6.07) is 5.05. The second-order valence-corrected chi connectivity index (χ2v) is 4.61. The van der Waals surface area contributed by atoms with Gasteiger partial charge < -0.3 is 9.47 Å². The van der Waals surface area contributed by atoms with E-state index in [9.17, 15) is 44.3 Å². The highest BCUT2D eigenvalue weighted by Crippen LogP contribution is 2.56. The summed E-state index contributed by atoms with van der Waals surface area (Å²) in [6.07, 6.45) is -23.8. The van der Waals surface area contributed by atoms with Gasteiger partial charge in [0.2, 0.25) is 0 Å². The molecule has 0 bridgehead atoms. The Morgan fingerprint density at radius 3 is 1.56 bits per heavy atom. The third-order valence-electron chi connectivity index (χ3n) is 3.01. The number of ether oxygens (including phenoxy) is 2. The number of benzene rings is 1. The predicted molar refractivity (Wildman–Crippen MR) is 63.2 cm³/mol. The zero-order chi connectivity index (χ0) is 19.7. The zero-order valence-corrected chi connectivity index (χ0v) is 12.1. The molecule has 0 heterocycles. The summed E-state index contributed by atoms with van der Waals surface area (Å²) in [7, 11) is 0.568. The van der Waals surface area contributed by atoms with Crippen molar-refractivity contribution >= 4 is 5.97 Å². The van der Waals surface area contributed by atoms with E-state index in [1.807, 2.05) is 0 Å². The summed E-state index contributed by atoms with van der Waals surface area (Å²) < 4.78 is 123. The van der Waals surface area contributed by atoms with E-state index in [1.54, 1.807) is 0 Å². The fraction of sp³-hybridized carbons (Fsp3) is 0.462.